The number of benzene rings is 2. The number of rotatable bonds is 7. The summed E-state index contributed by atoms with van der Waals surface area (Å²) in [5.41, 5.74) is 5.23. The molecule has 3 heterocycles. The normalized spacial score (nSPS) is 12.2. The van der Waals surface area contributed by atoms with Crippen LogP contribution >= 0.6 is 23.2 Å². The van der Waals surface area contributed by atoms with E-state index >= 15 is 0 Å². The van der Waals surface area contributed by atoms with E-state index in [9.17, 15) is 14.7 Å². The van der Waals surface area contributed by atoms with Gasteiger partial charge in [-0.25, -0.2) is 4.79 Å². The summed E-state index contributed by atoms with van der Waals surface area (Å²) >= 11 is 12.8. The molecule has 0 bridgehead atoms. The summed E-state index contributed by atoms with van der Waals surface area (Å²) in [5, 5.41) is 14.2. The van der Waals surface area contributed by atoms with Crippen molar-refractivity contribution >= 4 is 40.1 Å². The van der Waals surface area contributed by atoms with Crippen molar-refractivity contribution in [3.63, 3.8) is 0 Å². The minimum absolute atomic E-state index is 0.0939. The van der Waals surface area contributed by atoms with Crippen LogP contribution in [0.5, 0.6) is 5.75 Å². The monoisotopic (exact) mass is 565 g/mol. The predicted octanol–water partition coefficient (Wildman–Crippen LogP) is 6.74. The van der Waals surface area contributed by atoms with Crippen molar-refractivity contribution in [2.24, 2.45) is 14.1 Å². The lowest BCUT2D eigenvalue weighted by molar-refractivity contribution is 0.0699. The summed E-state index contributed by atoms with van der Waals surface area (Å²) in [6.45, 7) is 3.84. The number of halogens is 2. The SMILES string of the molecule is Cc1cc(OCc2c(-c3c(Cl)ccc(=O)n3C)noc2C(C)Cl)ccc1-c1ccc2c(C(=O)O)cn(C)c2c1. The van der Waals surface area contributed by atoms with Gasteiger partial charge in [0, 0.05) is 37.3 Å². The Morgan fingerprint density at radius 3 is 2.62 bits per heavy atom. The lowest BCUT2D eigenvalue weighted by atomic mass is 9.99. The van der Waals surface area contributed by atoms with Crippen molar-refractivity contribution in [2.45, 2.75) is 25.8 Å². The van der Waals surface area contributed by atoms with Crippen LogP contribution in [0.25, 0.3) is 33.4 Å². The van der Waals surface area contributed by atoms with Gasteiger partial charge in [-0.2, -0.15) is 0 Å². The average Bonchev–Trinajstić information content (AvgIpc) is 3.46. The molecule has 2 aromatic carbocycles. The maximum Gasteiger partial charge on any atom is 0.337 e. The van der Waals surface area contributed by atoms with Gasteiger partial charge in [0.15, 0.2) is 5.76 Å². The van der Waals surface area contributed by atoms with Crippen LogP contribution in [0.15, 0.2) is 64.0 Å². The highest BCUT2D eigenvalue weighted by Gasteiger charge is 2.25. The molecule has 1 atom stereocenters. The highest BCUT2D eigenvalue weighted by atomic mass is 35.5. The fourth-order valence-electron chi connectivity index (χ4n) is 4.76. The second-order valence-electron chi connectivity index (χ2n) is 9.37. The third-order valence-corrected chi connectivity index (χ3v) is 7.28. The number of aromatic carboxylic acids is 1. The third kappa shape index (κ3) is 4.82. The summed E-state index contributed by atoms with van der Waals surface area (Å²) in [5.74, 6) is 0.104. The number of fused-ring (bicyclic) bond motifs is 1. The molecule has 5 aromatic rings. The first kappa shape index (κ1) is 26.6. The van der Waals surface area contributed by atoms with E-state index in [1.54, 1.807) is 20.2 Å². The Hall–Kier alpha value is -4.01. The molecule has 1 N–H and O–H groups in total. The van der Waals surface area contributed by atoms with Gasteiger partial charge in [0.05, 0.1) is 27.2 Å². The summed E-state index contributed by atoms with van der Waals surface area (Å²) < 4.78 is 14.9. The summed E-state index contributed by atoms with van der Waals surface area (Å²) in [4.78, 5) is 23.8. The maximum absolute atomic E-state index is 12.3. The van der Waals surface area contributed by atoms with Crippen LogP contribution in [0.1, 0.15) is 39.5 Å². The molecular weight excluding hydrogens is 541 g/mol. The summed E-state index contributed by atoms with van der Waals surface area (Å²) in [7, 11) is 3.45. The van der Waals surface area contributed by atoms with Gasteiger partial charge in [0.1, 0.15) is 18.1 Å². The van der Waals surface area contributed by atoms with Crippen LogP contribution in [-0.2, 0) is 20.7 Å². The molecule has 200 valence electrons. The predicted molar refractivity (Wildman–Crippen MR) is 151 cm³/mol. The number of hydrogen-bond acceptors (Lipinski definition) is 5. The van der Waals surface area contributed by atoms with Crippen LogP contribution in [0.4, 0.5) is 0 Å². The highest BCUT2D eigenvalue weighted by Crippen LogP contribution is 2.36. The van der Waals surface area contributed by atoms with Crippen LogP contribution in [-0.4, -0.2) is 25.4 Å². The molecule has 1 unspecified atom stereocenters. The Morgan fingerprint density at radius 2 is 1.92 bits per heavy atom. The Kier molecular flexibility index (Phi) is 7.01. The molecule has 0 saturated carbocycles. The lowest BCUT2D eigenvalue weighted by Crippen LogP contribution is -2.18. The maximum atomic E-state index is 12.3. The fraction of sp³-hybridized carbons (Fsp3) is 0.207. The number of pyridine rings is 1. The molecule has 0 radical (unpaired) electrons. The number of aryl methyl sites for hydroxylation is 2. The zero-order valence-corrected chi connectivity index (χ0v) is 23.2. The molecule has 0 amide bonds. The molecular formula is C29H25Cl2N3O5. The number of carboxylic acid groups (broad SMARTS) is 1. The smallest absolute Gasteiger partial charge is 0.337 e. The van der Waals surface area contributed by atoms with E-state index in [1.165, 1.54) is 16.7 Å². The third-order valence-electron chi connectivity index (χ3n) is 6.78. The van der Waals surface area contributed by atoms with E-state index in [-0.39, 0.29) is 17.7 Å². The molecule has 5 rings (SSSR count). The average molecular weight is 566 g/mol. The van der Waals surface area contributed by atoms with Crippen molar-refractivity contribution < 1.29 is 19.2 Å². The van der Waals surface area contributed by atoms with Crippen LogP contribution in [0, 0.1) is 6.92 Å². The molecule has 8 nitrogen and oxygen atoms in total. The first-order valence-corrected chi connectivity index (χ1v) is 12.9. The van der Waals surface area contributed by atoms with E-state index in [0.29, 0.717) is 38.9 Å². The number of nitrogens with zero attached hydrogens (tertiary/aromatic N) is 3. The molecule has 0 saturated heterocycles. The van der Waals surface area contributed by atoms with Crippen molar-refractivity contribution in [3.05, 3.63) is 92.6 Å². The first-order valence-electron chi connectivity index (χ1n) is 12.1. The zero-order chi connectivity index (χ0) is 28.0. The summed E-state index contributed by atoms with van der Waals surface area (Å²) in [6.07, 6.45) is 1.62. The van der Waals surface area contributed by atoms with E-state index in [4.69, 9.17) is 32.5 Å². The lowest BCUT2D eigenvalue weighted by Gasteiger charge is -2.13. The van der Waals surface area contributed by atoms with E-state index < -0.39 is 11.3 Å². The number of alkyl halides is 1. The standard InChI is InChI=1S/C29H25Cl2N3O5/c1-15-11-18(6-8-19(15)17-5-7-20-21(29(36)37)13-33(3)24(20)12-17)38-14-22-26(32-39-28(22)16(2)30)27-23(31)9-10-25(35)34(27)4/h5-13,16H,14H2,1-4H3,(H,36,37). The Morgan fingerprint density at radius 1 is 1.15 bits per heavy atom. The molecule has 0 aliphatic rings. The number of ether oxygens (including phenoxy) is 1. The Labute approximate surface area is 233 Å². The zero-order valence-electron chi connectivity index (χ0n) is 21.7. The minimum Gasteiger partial charge on any atom is -0.489 e. The van der Waals surface area contributed by atoms with Gasteiger partial charge in [0.2, 0.25) is 0 Å². The second-order valence-corrected chi connectivity index (χ2v) is 10.4. The first-order chi connectivity index (χ1) is 18.6. The molecule has 0 fully saturated rings. The number of carbonyl (C=O) groups is 1. The van der Waals surface area contributed by atoms with Gasteiger partial charge in [0.25, 0.3) is 5.56 Å². The number of carboxylic acids is 1. The minimum atomic E-state index is -0.953. The molecule has 0 aliphatic heterocycles. The van der Waals surface area contributed by atoms with Crippen molar-refractivity contribution in [2.75, 3.05) is 0 Å². The Bertz CT molecular complexity index is 1800. The van der Waals surface area contributed by atoms with E-state index in [2.05, 4.69) is 5.16 Å². The molecule has 0 aliphatic carbocycles. The van der Waals surface area contributed by atoms with Crippen LogP contribution in [0.2, 0.25) is 5.02 Å². The van der Waals surface area contributed by atoms with Gasteiger partial charge >= 0.3 is 5.97 Å². The van der Waals surface area contributed by atoms with Crippen LogP contribution < -0.4 is 10.3 Å². The van der Waals surface area contributed by atoms with E-state index in [1.807, 2.05) is 54.9 Å². The van der Waals surface area contributed by atoms with Gasteiger partial charge in [-0.15, -0.1) is 11.6 Å². The van der Waals surface area contributed by atoms with Gasteiger partial charge in [-0.3, -0.25) is 4.79 Å². The van der Waals surface area contributed by atoms with Gasteiger partial charge < -0.3 is 23.5 Å². The van der Waals surface area contributed by atoms with Crippen LogP contribution in [0.3, 0.4) is 0 Å². The van der Waals surface area contributed by atoms with Crippen molar-refractivity contribution in [3.8, 4) is 28.3 Å². The van der Waals surface area contributed by atoms with E-state index in [0.717, 1.165) is 22.2 Å². The topological polar surface area (TPSA) is 99.5 Å². The quantitative estimate of drug-likeness (QED) is 0.219. The second kappa shape index (κ2) is 10.3. The number of aromatic nitrogens is 3. The summed E-state index contributed by atoms with van der Waals surface area (Å²) in [6, 6.07) is 14.4. The van der Waals surface area contributed by atoms with Crippen molar-refractivity contribution in [1.29, 1.82) is 0 Å². The molecule has 10 heteroatoms. The Balaban J connectivity index is 1.46. The fourth-order valence-corrected chi connectivity index (χ4v) is 5.22. The highest BCUT2D eigenvalue weighted by molar-refractivity contribution is 6.33. The van der Waals surface area contributed by atoms with Crippen molar-refractivity contribution in [1.82, 2.24) is 14.3 Å². The molecule has 0 spiro atoms. The van der Waals surface area contributed by atoms with Gasteiger partial charge in [-0.05, 0) is 54.8 Å². The largest absolute Gasteiger partial charge is 0.489 e. The molecule has 39 heavy (non-hydrogen) atoms. The molecule has 3 aromatic heterocycles. The number of hydrogen-bond donors (Lipinski definition) is 1. The van der Waals surface area contributed by atoms with Gasteiger partial charge in [-0.1, -0.05) is 35.0 Å².